The number of benzene rings is 1. The zero-order chi connectivity index (χ0) is 13.1. The second-order valence-corrected chi connectivity index (χ2v) is 6.00. The summed E-state index contributed by atoms with van der Waals surface area (Å²) in [6, 6.07) is 5.75. The van der Waals surface area contributed by atoms with E-state index in [1.165, 1.54) is 0 Å². The van der Waals surface area contributed by atoms with Crippen molar-refractivity contribution in [3.63, 3.8) is 0 Å². The molecule has 0 aromatic heterocycles. The van der Waals surface area contributed by atoms with Crippen LogP contribution in [0.15, 0.2) is 18.2 Å². The van der Waals surface area contributed by atoms with Gasteiger partial charge in [0.25, 0.3) is 0 Å². The second kappa shape index (κ2) is 6.25. The molecule has 0 amide bonds. The van der Waals surface area contributed by atoms with Crippen LogP contribution < -0.4 is 0 Å². The number of ether oxygens (including phenoxy) is 1. The van der Waals surface area contributed by atoms with Crippen molar-refractivity contribution in [1.82, 2.24) is 4.90 Å². The number of rotatable bonds is 3. The summed E-state index contributed by atoms with van der Waals surface area (Å²) in [5.74, 6) is 0.678. The monoisotopic (exact) mass is 287 g/mol. The molecule has 100 valence electrons. The molecule has 1 aromatic rings. The van der Waals surface area contributed by atoms with Gasteiger partial charge in [-0.15, -0.1) is 0 Å². The average molecular weight is 288 g/mol. The van der Waals surface area contributed by atoms with Crippen molar-refractivity contribution in [2.45, 2.75) is 20.0 Å². The van der Waals surface area contributed by atoms with Crippen LogP contribution in [0.1, 0.15) is 25.5 Å². The maximum absolute atomic E-state index is 6.05. The van der Waals surface area contributed by atoms with Gasteiger partial charge in [-0.3, -0.25) is 4.90 Å². The van der Waals surface area contributed by atoms with Gasteiger partial charge in [0.05, 0.1) is 22.8 Å². The van der Waals surface area contributed by atoms with Gasteiger partial charge in [0.1, 0.15) is 0 Å². The molecule has 1 atom stereocenters. The average Bonchev–Trinajstić information content (AvgIpc) is 2.32. The molecular weight excluding hydrogens is 269 g/mol. The quantitative estimate of drug-likeness (QED) is 0.833. The molecule has 0 spiro atoms. The van der Waals surface area contributed by atoms with E-state index >= 15 is 0 Å². The van der Waals surface area contributed by atoms with Gasteiger partial charge in [0, 0.05) is 19.6 Å². The third-order valence-corrected chi connectivity index (χ3v) is 3.83. The zero-order valence-electron chi connectivity index (χ0n) is 10.8. The van der Waals surface area contributed by atoms with Crippen LogP contribution in [0.3, 0.4) is 0 Å². The maximum Gasteiger partial charge on any atom is 0.0952 e. The minimum atomic E-state index is 0.104. The Morgan fingerprint density at radius 3 is 2.78 bits per heavy atom. The molecule has 18 heavy (non-hydrogen) atoms. The summed E-state index contributed by atoms with van der Waals surface area (Å²) in [7, 11) is 0. The van der Waals surface area contributed by atoms with Gasteiger partial charge in [-0.25, -0.2) is 0 Å². The van der Waals surface area contributed by atoms with E-state index in [0.717, 1.165) is 31.8 Å². The van der Waals surface area contributed by atoms with E-state index in [0.29, 0.717) is 16.0 Å². The molecule has 0 aliphatic carbocycles. The van der Waals surface area contributed by atoms with Crippen LogP contribution in [0.5, 0.6) is 0 Å². The van der Waals surface area contributed by atoms with Crippen molar-refractivity contribution in [1.29, 1.82) is 0 Å². The van der Waals surface area contributed by atoms with Gasteiger partial charge >= 0.3 is 0 Å². The van der Waals surface area contributed by atoms with Crippen LogP contribution in [-0.2, 0) is 4.74 Å². The van der Waals surface area contributed by atoms with Crippen LogP contribution >= 0.6 is 23.2 Å². The molecule has 1 aromatic carbocycles. The van der Waals surface area contributed by atoms with Crippen molar-refractivity contribution < 1.29 is 4.74 Å². The molecule has 2 nitrogen and oxygen atoms in total. The number of hydrogen-bond acceptors (Lipinski definition) is 2. The first-order valence-corrected chi connectivity index (χ1v) is 7.10. The third-order valence-electron chi connectivity index (χ3n) is 3.09. The first kappa shape index (κ1) is 14.1. The molecular formula is C14H19Cl2NO. The molecule has 0 bridgehead atoms. The third kappa shape index (κ3) is 3.61. The van der Waals surface area contributed by atoms with E-state index in [4.69, 9.17) is 27.9 Å². The van der Waals surface area contributed by atoms with Gasteiger partial charge in [-0.05, 0) is 23.6 Å². The fraction of sp³-hybridized carbons (Fsp3) is 0.571. The first-order valence-electron chi connectivity index (χ1n) is 6.35. The van der Waals surface area contributed by atoms with Gasteiger partial charge in [-0.1, -0.05) is 43.1 Å². The van der Waals surface area contributed by atoms with E-state index in [2.05, 4.69) is 18.7 Å². The molecule has 0 saturated carbocycles. The highest BCUT2D eigenvalue weighted by molar-refractivity contribution is 6.42. The lowest BCUT2D eigenvalue weighted by molar-refractivity contribution is -0.0332. The van der Waals surface area contributed by atoms with Crippen LogP contribution in [0.25, 0.3) is 0 Å². The molecule has 1 aliphatic heterocycles. The zero-order valence-corrected chi connectivity index (χ0v) is 12.3. The second-order valence-electron chi connectivity index (χ2n) is 5.19. The van der Waals surface area contributed by atoms with Crippen LogP contribution in [0.4, 0.5) is 0 Å². The summed E-state index contributed by atoms with van der Waals surface area (Å²) < 4.78 is 5.83. The minimum Gasteiger partial charge on any atom is -0.371 e. The molecule has 1 heterocycles. The summed E-state index contributed by atoms with van der Waals surface area (Å²) in [6.45, 7) is 8.30. The molecule has 1 unspecified atom stereocenters. The van der Waals surface area contributed by atoms with Crippen molar-refractivity contribution in [2.24, 2.45) is 5.92 Å². The lowest BCUT2D eigenvalue weighted by Crippen LogP contribution is -2.40. The normalized spacial score (nSPS) is 21.5. The Labute approximate surface area is 119 Å². The van der Waals surface area contributed by atoms with Crippen molar-refractivity contribution in [3.05, 3.63) is 33.8 Å². The minimum absolute atomic E-state index is 0.104. The Kier molecular flexibility index (Phi) is 4.91. The standard InChI is InChI=1S/C14H19Cl2NO/c1-10(2)8-17-5-6-18-14(9-17)11-3-4-12(15)13(16)7-11/h3-4,7,10,14H,5-6,8-9H2,1-2H3. The molecule has 4 heteroatoms. The molecule has 0 N–H and O–H groups in total. The van der Waals surface area contributed by atoms with Gasteiger partial charge in [-0.2, -0.15) is 0 Å². The van der Waals surface area contributed by atoms with Gasteiger partial charge in [0.2, 0.25) is 0 Å². The van der Waals surface area contributed by atoms with E-state index < -0.39 is 0 Å². The molecule has 1 aliphatic rings. The lowest BCUT2D eigenvalue weighted by Gasteiger charge is -2.34. The smallest absolute Gasteiger partial charge is 0.0952 e. The Bertz CT molecular complexity index is 409. The predicted octanol–water partition coefficient (Wildman–Crippen LogP) is 4.02. The van der Waals surface area contributed by atoms with E-state index in [1.807, 2.05) is 18.2 Å². The highest BCUT2D eigenvalue weighted by Gasteiger charge is 2.22. The Morgan fingerprint density at radius 1 is 1.33 bits per heavy atom. The van der Waals surface area contributed by atoms with Crippen LogP contribution in [0.2, 0.25) is 10.0 Å². The topological polar surface area (TPSA) is 12.5 Å². The van der Waals surface area contributed by atoms with Gasteiger partial charge < -0.3 is 4.74 Å². The fourth-order valence-electron chi connectivity index (χ4n) is 2.30. The SMILES string of the molecule is CC(C)CN1CCOC(c2ccc(Cl)c(Cl)c2)C1. The predicted molar refractivity (Wildman–Crippen MR) is 76.4 cm³/mol. The number of halogens is 2. The van der Waals surface area contributed by atoms with E-state index in [1.54, 1.807) is 0 Å². The highest BCUT2D eigenvalue weighted by atomic mass is 35.5. The Hall–Kier alpha value is -0.280. The highest BCUT2D eigenvalue weighted by Crippen LogP contribution is 2.29. The van der Waals surface area contributed by atoms with Crippen LogP contribution in [0, 0.1) is 5.92 Å². The summed E-state index contributed by atoms with van der Waals surface area (Å²) in [6.07, 6.45) is 0.104. The maximum atomic E-state index is 6.05. The molecule has 1 saturated heterocycles. The number of hydrogen-bond donors (Lipinski definition) is 0. The van der Waals surface area contributed by atoms with Crippen LogP contribution in [-0.4, -0.2) is 31.1 Å². The Balaban J connectivity index is 2.05. The summed E-state index contributed by atoms with van der Waals surface area (Å²) in [5, 5.41) is 1.19. The number of nitrogens with zero attached hydrogens (tertiary/aromatic N) is 1. The van der Waals surface area contributed by atoms with Crippen molar-refractivity contribution in [2.75, 3.05) is 26.2 Å². The largest absolute Gasteiger partial charge is 0.371 e. The molecule has 0 radical (unpaired) electrons. The Morgan fingerprint density at radius 2 is 2.11 bits per heavy atom. The summed E-state index contributed by atoms with van der Waals surface area (Å²) in [5.41, 5.74) is 1.11. The van der Waals surface area contributed by atoms with E-state index in [9.17, 15) is 0 Å². The molecule has 2 rings (SSSR count). The number of morpholine rings is 1. The summed E-state index contributed by atoms with van der Waals surface area (Å²) in [4.78, 5) is 2.45. The lowest BCUT2D eigenvalue weighted by atomic mass is 10.1. The fourth-order valence-corrected chi connectivity index (χ4v) is 2.61. The van der Waals surface area contributed by atoms with Gasteiger partial charge in [0.15, 0.2) is 0 Å². The molecule has 1 fully saturated rings. The van der Waals surface area contributed by atoms with Crippen molar-refractivity contribution >= 4 is 23.2 Å². The van der Waals surface area contributed by atoms with Crippen molar-refractivity contribution in [3.8, 4) is 0 Å². The first-order chi connectivity index (χ1) is 8.56. The summed E-state index contributed by atoms with van der Waals surface area (Å²) >= 11 is 12.0. The van der Waals surface area contributed by atoms with E-state index in [-0.39, 0.29) is 6.10 Å².